The summed E-state index contributed by atoms with van der Waals surface area (Å²) in [7, 11) is 1.71. The Labute approximate surface area is 110 Å². The van der Waals surface area contributed by atoms with Crippen LogP contribution in [0.5, 0.6) is 0 Å². The van der Waals surface area contributed by atoms with Crippen molar-refractivity contribution in [3.05, 3.63) is 29.8 Å². The van der Waals surface area contributed by atoms with Crippen LogP contribution in [-0.2, 0) is 9.53 Å². The van der Waals surface area contributed by atoms with E-state index in [1.165, 1.54) is 4.90 Å². The Morgan fingerprint density at radius 2 is 2.11 bits per heavy atom. The molecule has 0 aliphatic carbocycles. The molecular formula is C13H15N3O3. The van der Waals surface area contributed by atoms with Crippen LogP contribution in [-0.4, -0.2) is 43.1 Å². The number of amides is 2. The SMILES string of the molecule is CN1C(=O)C(N2C[C@@H](CN)OC2=O)c2ccccc21. The van der Waals surface area contributed by atoms with Gasteiger partial charge >= 0.3 is 6.09 Å². The van der Waals surface area contributed by atoms with E-state index >= 15 is 0 Å². The van der Waals surface area contributed by atoms with Gasteiger partial charge in [0, 0.05) is 24.8 Å². The molecule has 2 atom stereocenters. The lowest BCUT2D eigenvalue weighted by Gasteiger charge is -2.20. The molecule has 6 heteroatoms. The van der Waals surface area contributed by atoms with Gasteiger partial charge in [0.05, 0.1) is 6.54 Å². The minimum atomic E-state index is -0.592. The topological polar surface area (TPSA) is 75.9 Å². The number of nitrogens with two attached hydrogens (primary N) is 1. The van der Waals surface area contributed by atoms with E-state index in [1.807, 2.05) is 24.3 Å². The molecule has 1 unspecified atom stereocenters. The van der Waals surface area contributed by atoms with Gasteiger partial charge in [-0.15, -0.1) is 0 Å². The smallest absolute Gasteiger partial charge is 0.411 e. The van der Waals surface area contributed by atoms with E-state index in [4.69, 9.17) is 10.5 Å². The first-order valence-corrected chi connectivity index (χ1v) is 6.17. The van der Waals surface area contributed by atoms with Crippen LogP contribution < -0.4 is 10.6 Å². The van der Waals surface area contributed by atoms with E-state index in [-0.39, 0.29) is 18.6 Å². The number of likely N-dealkylation sites (N-methyl/N-ethyl adjacent to an activating group) is 1. The van der Waals surface area contributed by atoms with E-state index in [1.54, 1.807) is 11.9 Å². The van der Waals surface area contributed by atoms with Crippen molar-refractivity contribution in [2.24, 2.45) is 5.73 Å². The molecule has 2 aliphatic heterocycles. The van der Waals surface area contributed by atoms with Crippen molar-refractivity contribution in [1.82, 2.24) is 4.90 Å². The van der Waals surface area contributed by atoms with Crippen molar-refractivity contribution in [3.63, 3.8) is 0 Å². The third-order valence-corrected chi connectivity index (χ3v) is 3.63. The zero-order valence-electron chi connectivity index (χ0n) is 10.6. The molecule has 1 saturated heterocycles. The second-order valence-electron chi connectivity index (χ2n) is 4.75. The van der Waals surface area contributed by atoms with Crippen LogP contribution in [0.1, 0.15) is 11.6 Å². The highest BCUT2D eigenvalue weighted by atomic mass is 16.6. The monoisotopic (exact) mass is 261 g/mol. The van der Waals surface area contributed by atoms with Crippen molar-refractivity contribution in [2.45, 2.75) is 12.1 Å². The Kier molecular flexibility index (Phi) is 2.67. The highest BCUT2D eigenvalue weighted by Crippen LogP contribution is 2.39. The summed E-state index contributed by atoms with van der Waals surface area (Å²) in [4.78, 5) is 27.2. The number of fused-ring (bicyclic) bond motifs is 1. The lowest BCUT2D eigenvalue weighted by atomic mass is 10.1. The van der Waals surface area contributed by atoms with Gasteiger partial charge in [-0.2, -0.15) is 0 Å². The van der Waals surface area contributed by atoms with Gasteiger partial charge in [0.25, 0.3) is 5.91 Å². The van der Waals surface area contributed by atoms with E-state index in [0.717, 1.165) is 11.3 Å². The summed E-state index contributed by atoms with van der Waals surface area (Å²) < 4.78 is 5.13. The average Bonchev–Trinajstić information content (AvgIpc) is 2.90. The minimum Gasteiger partial charge on any atom is -0.443 e. The number of hydrogen-bond donors (Lipinski definition) is 1. The Morgan fingerprint density at radius 1 is 1.37 bits per heavy atom. The first kappa shape index (κ1) is 12.0. The van der Waals surface area contributed by atoms with Gasteiger partial charge in [0.1, 0.15) is 12.1 Å². The van der Waals surface area contributed by atoms with Crippen molar-refractivity contribution in [3.8, 4) is 0 Å². The molecule has 19 heavy (non-hydrogen) atoms. The van der Waals surface area contributed by atoms with Crippen LogP contribution in [0.3, 0.4) is 0 Å². The fraction of sp³-hybridized carbons (Fsp3) is 0.385. The van der Waals surface area contributed by atoms with Crippen LogP contribution in [0.4, 0.5) is 10.5 Å². The number of ether oxygens (including phenoxy) is 1. The highest BCUT2D eigenvalue weighted by Gasteiger charge is 2.45. The van der Waals surface area contributed by atoms with Crippen LogP contribution in [0.2, 0.25) is 0 Å². The normalized spacial score (nSPS) is 25.8. The predicted molar refractivity (Wildman–Crippen MR) is 68.6 cm³/mol. The fourth-order valence-corrected chi connectivity index (χ4v) is 2.64. The molecule has 6 nitrogen and oxygen atoms in total. The molecule has 0 aromatic heterocycles. The maximum Gasteiger partial charge on any atom is 0.411 e. The first-order chi connectivity index (χ1) is 9.13. The molecule has 2 aliphatic rings. The Balaban J connectivity index is 1.98. The number of carbonyl (C=O) groups is 2. The zero-order valence-corrected chi connectivity index (χ0v) is 10.6. The standard InChI is InChI=1S/C13H15N3O3/c1-15-10-5-3-2-4-9(10)11(12(15)17)16-7-8(6-14)19-13(16)18/h2-5,8,11H,6-7,14H2,1H3/t8-,11?/m1/s1. The third-order valence-electron chi connectivity index (χ3n) is 3.63. The number of cyclic esters (lactones) is 1. The third kappa shape index (κ3) is 1.67. The summed E-state index contributed by atoms with van der Waals surface area (Å²) in [5, 5.41) is 0. The number of rotatable bonds is 2. The van der Waals surface area contributed by atoms with E-state index in [9.17, 15) is 9.59 Å². The molecule has 0 spiro atoms. The van der Waals surface area contributed by atoms with Crippen molar-refractivity contribution in [1.29, 1.82) is 0 Å². The Hall–Kier alpha value is -2.08. The van der Waals surface area contributed by atoms with Crippen molar-refractivity contribution in [2.75, 3.05) is 25.0 Å². The maximum absolute atomic E-state index is 12.3. The molecule has 2 N–H and O–H groups in total. The van der Waals surface area contributed by atoms with Gasteiger partial charge in [-0.3, -0.25) is 9.69 Å². The van der Waals surface area contributed by atoms with Crippen molar-refractivity contribution >= 4 is 17.7 Å². The van der Waals surface area contributed by atoms with Gasteiger partial charge < -0.3 is 15.4 Å². The Bertz CT molecular complexity index is 546. The second-order valence-corrected chi connectivity index (χ2v) is 4.75. The van der Waals surface area contributed by atoms with Crippen LogP contribution >= 0.6 is 0 Å². The summed E-state index contributed by atoms with van der Waals surface area (Å²) in [5.74, 6) is -0.115. The summed E-state index contributed by atoms with van der Waals surface area (Å²) in [5.41, 5.74) is 7.19. The van der Waals surface area contributed by atoms with Gasteiger partial charge in [-0.25, -0.2) is 4.79 Å². The average molecular weight is 261 g/mol. The molecule has 0 radical (unpaired) electrons. The molecule has 100 valence electrons. The van der Waals surface area contributed by atoms with Gasteiger partial charge in [0.2, 0.25) is 0 Å². The van der Waals surface area contributed by atoms with Crippen LogP contribution in [0, 0.1) is 0 Å². The summed E-state index contributed by atoms with van der Waals surface area (Å²) in [6.45, 7) is 0.620. The number of nitrogens with zero attached hydrogens (tertiary/aromatic N) is 2. The quantitative estimate of drug-likeness (QED) is 0.840. The highest BCUT2D eigenvalue weighted by molar-refractivity contribution is 6.05. The van der Waals surface area contributed by atoms with Gasteiger partial charge in [-0.05, 0) is 6.07 Å². The lowest BCUT2D eigenvalue weighted by molar-refractivity contribution is -0.121. The number of para-hydroxylation sites is 1. The maximum atomic E-state index is 12.3. The molecule has 1 aromatic carbocycles. The van der Waals surface area contributed by atoms with E-state index in [2.05, 4.69) is 0 Å². The van der Waals surface area contributed by atoms with E-state index in [0.29, 0.717) is 6.54 Å². The second kappa shape index (κ2) is 4.24. The summed E-state index contributed by atoms with van der Waals surface area (Å²) in [6, 6.07) is 6.88. The minimum absolute atomic E-state index is 0.115. The molecule has 0 bridgehead atoms. The molecule has 2 heterocycles. The number of carbonyl (C=O) groups excluding carboxylic acids is 2. The lowest BCUT2D eigenvalue weighted by Crippen LogP contribution is -2.37. The van der Waals surface area contributed by atoms with E-state index < -0.39 is 12.1 Å². The molecule has 1 aromatic rings. The molecule has 3 rings (SSSR count). The molecular weight excluding hydrogens is 246 g/mol. The fourth-order valence-electron chi connectivity index (χ4n) is 2.64. The zero-order chi connectivity index (χ0) is 13.6. The number of hydrogen-bond acceptors (Lipinski definition) is 4. The molecule has 2 amide bonds. The van der Waals surface area contributed by atoms with Crippen LogP contribution in [0.25, 0.3) is 0 Å². The Morgan fingerprint density at radius 3 is 2.79 bits per heavy atom. The van der Waals surface area contributed by atoms with Crippen LogP contribution in [0.15, 0.2) is 24.3 Å². The molecule has 0 saturated carbocycles. The summed E-state index contributed by atoms with van der Waals surface area (Å²) >= 11 is 0. The largest absolute Gasteiger partial charge is 0.443 e. The number of anilines is 1. The van der Waals surface area contributed by atoms with Gasteiger partial charge in [-0.1, -0.05) is 18.2 Å². The number of benzene rings is 1. The van der Waals surface area contributed by atoms with Gasteiger partial charge in [0.15, 0.2) is 0 Å². The molecule has 1 fully saturated rings. The summed E-state index contributed by atoms with van der Waals surface area (Å²) in [6.07, 6.45) is -0.808. The van der Waals surface area contributed by atoms with Crippen molar-refractivity contribution < 1.29 is 14.3 Å². The first-order valence-electron chi connectivity index (χ1n) is 6.17. The predicted octanol–water partition coefficient (Wildman–Crippen LogP) is 0.484.